The van der Waals surface area contributed by atoms with Gasteiger partial charge in [-0.25, -0.2) is 4.98 Å². The predicted molar refractivity (Wildman–Crippen MR) is 88.8 cm³/mol. The van der Waals surface area contributed by atoms with Crippen LogP contribution in [0.1, 0.15) is 19.2 Å². The summed E-state index contributed by atoms with van der Waals surface area (Å²) in [5.41, 5.74) is 6.03. The summed E-state index contributed by atoms with van der Waals surface area (Å²) in [7, 11) is 0. The highest BCUT2D eigenvalue weighted by atomic mass is 19.4. The summed E-state index contributed by atoms with van der Waals surface area (Å²) in [5, 5.41) is 3.68. The normalized spacial score (nSPS) is 18.8. The van der Waals surface area contributed by atoms with Crippen molar-refractivity contribution in [1.82, 2.24) is 15.1 Å². The van der Waals surface area contributed by atoms with Crippen LogP contribution in [-0.4, -0.2) is 33.6 Å². The fraction of sp³-hybridized carbons (Fsp3) is 0.353. The zero-order valence-electron chi connectivity index (χ0n) is 14.8. The first-order chi connectivity index (χ1) is 13.5. The van der Waals surface area contributed by atoms with Crippen molar-refractivity contribution in [3.8, 4) is 11.4 Å². The maximum absolute atomic E-state index is 13.4. The molecule has 156 valence electrons. The molecule has 2 aromatic rings. The lowest BCUT2D eigenvalue weighted by molar-refractivity contribution is -0.219. The predicted octanol–water partition coefficient (Wildman–Crippen LogP) is 4.53. The van der Waals surface area contributed by atoms with Gasteiger partial charge in [0.1, 0.15) is 17.5 Å². The first kappa shape index (κ1) is 20.7. The van der Waals surface area contributed by atoms with Gasteiger partial charge in [0, 0.05) is 11.8 Å². The van der Waals surface area contributed by atoms with Crippen LogP contribution in [0.2, 0.25) is 0 Å². The Morgan fingerprint density at radius 2 is 1.93 bits per heavy atom. The summed E-state index contributed by atoms with van der Waals surface area (Å²) in [4.78, 5) is 7.88. The molecule has 2 heterocycles. The molecular weight excluding hydrogens is 406 g/mol. The van der Waals surface area contributed by atoms with Crippen molar-refractivity contribution in [2.45, 2.75) is 31.8 Å². The molecule has 6 nitrogen and oxygen atoms in total. The second kappa shape index (κ2) is 7.41. The van der Waals surface area contributed by atoms with Crippen molar-refractivity contribution in [3.63, 3.8) is 0 Å². The monoisotopic (exact) mass is 420 g/mol. The van der Waals surface area contributed by atoms with E-state index in [9.17, 15) is 26.3 Å². The van der Waals surface area contributed by atoms with Crippen LogP contribution < -0.4 is 5.73 Å². The largest absolute Gasteiger partial charge is 0.485 e. The van der Waals surface area contributed by atoms with Gasteiger partial charge in [0.25, 0.3) is 5.89 Å². The fourth-order valence-corrected chi connectivity index (χ4v) is 2.59. The number of hydrogen-bond donors (Lipinski definition) is 1. The van der Waals surface area contributed by atoms with Crippen LogP contribution >= 0.6 is 0 Å². The van der Waals surface area contributed by atoms with Crippen LogP contribution in [0.5, 0.6) is 0 Å². The number of aromatic nitrogens is 3. The molecule has 0 fully saturated rings. The van der Waals surface area contributed by atoms with Gasteiger partial charge >= 0.3 is 12.4 Å². The Bertz CT molecular complexity index is 948. The third-order valence-electron chi connectivity index (χ3n) is 4.17. The van der Waals surface area contributed by atoms with E-state index in [1.165, 1.54) is 6.20 Å². The molecule has 2 aromatic heterocycles. The summed E-state index contributed by atoms with van der Waals surface area (Å²) >= 11 is 0. The number of anilines is 1. The van der Waals surface area contributed by atoms with E-state index in [0.29, 0.717) is 12.5 Å². The molecule has 1 unspecified atom stereocenters. The van der Waals surface area contributed by atoms with E-state index in [-0.39, 0.29) is 23.1 Å². The number of pyridine rings is 1. The van der Waals surface area contributed by atoms with Crippen LogP contribution in [0, 0.1) is 5.92 Å². The van der Waals surface area contributed by atoms with Crippen LogP contribution in [0.25, 0.3) is 17.0 Å². The van der Waals surface area contributed by atoms with Crippen LogP contribution in [-0.2, 0) is 4.74 Å². The summed E-state index contributed by atoms with van der Waals surface area (Å²) in [5.74, 6) is -3.21. The van der Waals surface area contributed by atoms with Gasteiger partial charge in [0.15, 0.2) is 6.10 Å². The molecule has 0 spiro atoms. The van der Waals surface area contributed by atoms with Crippen molar-refractivity contribution in [2.24, 2.45) is 5.92 Å². The van der Waals surface area contributed by atoms with Crippen LogP contribution in [0.15, 0.2) is 40.8 Å². The second-order valence-corrected chi connectivity index (χ2v) is 6.22. The highest BCUT2D eigenvalue weighted by molar-refractivity contribution is 5.70. The summed E-state index contributed by atoms with van der Waals surface area (Å²) < 4.78 is 87.9. The number of nitrogen functional groups attached to an aromatic ring is 1. The maximum Gasteiger partial charge on any atom is 0.425 e. The Balaban J connectivity index is 1.90. The highest BCUT2D eigenvalue weighted by Gasteiger charge is 2.47. The minimum atomic E-state index is -4.84. The molecular formula is C17H14F6N4O2. The average Bonchev–Trinajstić information content (AvgIpc) is 3.10. The SMILES string of the molecule is C[C@H](OC1=CC=C(c2nc(-c3cccnc3N)no2)CC1C(F)(F)F)C(F)(F)F. The Labute approximate surface area is 160 Å². The topological polar surface area (TPSA) is 87.1 Å². The van der Waals surface area contributed by atoms with Crippen molar-refractivity contribution < 1.29 is 35.6 Å². The number of rotatable bonds is 4. The smallest absolute Gasteiger partial charge is 0.425 e. The standard InChI is InChI=1S/C17H14F6N4O2/c1-8(16(18,19)20)28-12-5-4-9(7-11(12)17(21,22)23)15-26-14(27-29-15)10-3-2-6-25-13(10)24/h2-6,8,11H,7H2,1H3,(H2,24,25)/t8-,11?/m0/s1. The number of ether oxygens (including phenoxy) is 1. The average molecular weight is 420 g/mol. The third-order valence-corrected chi connectivity index (χ3v) is 4.17. The van der Waals surface area contributed by atoms with Gasteiger partial charge in [-0.05, 0) is 31.6 Å². The first-order valence-electron chi connectivity index (χ1n) is 8.22. The lowest BCUT2D eigenvalue weighted by atomic mass is 9.91. The number of nitrogens with two attached hydrogens (primary N) is 1. The van der Waals surface area contributed by atoms with Crippen LogP contribution in [0.3, 0.4) is 0 Å². The van der Waals surface area contributed by atoms with Gasteiger partial charge < -0.3 is 15.0 Å². The maximum atomic E-state index is 13.4. The van der Waals surface area contributed by atoms with Crippen molar-refractivity contribution in [3.05, 3.63) is 42.1 Å². The highest BCUT2D eigenvalue weighted by Crippen LogP contribution is 2.43. The van der Waals surface area contributed by atoms with Crippen molar-refractivity contribution in [1.29, 1.82) is 0 Å². The number of halogens is 6. The Hall–Kier alpha value is -3.05. The molecule has 0 bridgehead atoms. The van der Waals surface area contributed by atoms with Crippen molar-refractivity contribution >= 4 is 11.4 Å². The van der Waals surface area contributed by atoms with E-state index >= 15 is 0 Å². The molecule has 2 N–H and O–H groups in total. The molecule has 12 heteroatoms. The van der Waals surface area contributed by atoms with E-state index in [0.717, 1.165) is 12.2 Å². The fourth-order valence-electron chi connectivity index (χ4n) is 2.59. The minimum absolute atomic E-state index is 0.000508. The Morgan fingerprint density at radius 1 is 1.21 bits per heavy atom. The molecule has 3 rings (SSSR count). The van der Waals surface area contributed by atoms with Gasteiger partial charge in [-0.3, -0.25) is 0 Å². The first-order valence-corrected chi connectivity index (χ1v) is 8.22. The number of allylic oxidation sites excluding steroid dienone is 4. The number of hydrogen-bond acceptors (Lipinski definition) is 6. The minimum Gasteiger partial charge on any atom is -0.485 e. The van der Waals surface area contributed by atoms with Gasteiger partial charge in [-0.15, -0.1) is 0 Å². The molecule has 1 aliphatic rings. The van der Waals surface area contributed by atoms with E-state index in [1.807, 2.05) is 0 Å². The molecule has 2 atom stereocenters. The second-order valence-electron chi connectivity index (χ2n) is 6.22. The quantitative estimate of drug-likeness (QED) is 0.732. The van der Waals surface area contributed by atoms with Gasteiger partial charge in [0.2, 0.25) is 5.82 Å². The van der Waals surface area contributed by atoms with E-state index in [2.05, 4.69) is 19.9 Å². The summed E-state index contributed by atoms with van der Waals surface area (Å²) in [6.07, 6.45) is -9.32. The van der Waals surface area contributed by atoms with E-state index in [1.54, 1.807) is 12.1 Å². The molecule has 0 amide bonds. The van der Waals surface area contributed by atoms with Crippen LogP contribution in [0.4, 0.5) is 32.2 Å². The lowest BCUT2D eigenvalue weighted by Crippen LogP contribution is -2.34. The molecule has 0 aromatic carbocycles. The summed E-state index contributed by atoms with van der Waals surface area (Å²) in [6.45, 7) is 0.635. The van der Waals surface area contributed by atoms with Crippen molar-refractivity contribution in [2.75, 3.05) is 5.73 Å². The molecule has 0 radical (unpaired) electrons. The van der Waals surface area contributed by atoms with Gasteiger partial charge in [0.05, 0.1) is 5.56 Å². The molecule has 29 heavy (non-hydrogen) atoms. The molecule has 0 saturated carbocycles. The molecule has 0 aliphatic heterocycles. The Kier molecular flexibility index (Phi) is 5.28. The molecule has 0 saturated heterocycles. The number of nitrogens with zero attached hydrogens (tertiary/aromatic N) is 3. The van der Waals surface area contributed by atoms with E-state index in [4.69, 9.17) is 10.3 Å². The molecule has 1 aliphatic carbocycles. The zero-order valence-corrected chi connectivity index (χ0v) is 14.8. The third kappa shape index (κ3) is 4.51. The van der Waals surface area contributed by atoms with Gasteiger partial charge in [-0.1, -0.05) is 11.2 Å². The lowest BCUT2D eigenvalue weighted by Gasteiger charge is -2.29. The van der Waals surface area contributed by atoms with E-state index < -0.39 is 36.6 Å². The van der Waals surface area contributed by atoms with Gasteiger partial charge in [-0.2, -0.15) is 31.3 Å². The summed E-state index contributed by atoms with van der Waals surface area (Å²) in [6, 6.07) is 3.12. The Morgan fingerprint density at radius 3 is 2.55 bits per heavy atom. The number of alkyl halides is 6. The zero-order chi connectivity index (χ0) is 21.4.